The van der Waals surface area contributed by atoms with Crippen molar-refractivity contribution in [1.29, 1.82) is 0 Å². The molecule has 0 fully saturated rings. The molecule has 0 atom stereocenters. The van der Waals surface area contributed by atoms with Gasteiger partial charge in [-0.3, -0.25) is 0 Å². The summed E-state index contributed by atoms with van der Waals surface area (Å²) < 4.78 is 10.6. The Morgan fingerprint density at radius 1 is 1.05 bits per heavy atom. The Morgan fingerprint density at radius 3 is 2.70 bits per heavy atom. The molecule has 0 radical (unpaired) electrons. The summed E-state index contributed by atoms with van der Waals surface area (Å²) in [6.45, 7) is 0.0586. The average molecular weight is 271 g/mol. The van der Waals surface area contributed by atoms with Crippen LogP contribution < -0.4 is 10.5 Å². The molecule has 6 heteroatoms. The van der Waals surface area contributed by atoms with Gasteiger partial charge in [-0.2, -0.15) is 0 Å². The molecule has 0 bridgehead atoms. The second-order valence-corrected chi connectivity index (χ2v) is 4.30. The van der Waals surface area contributed by atoms with Crippen LogP contribution in [0.1, 0.15) is 5.56 Å². The van der Waals surface area contributed by atoms with E-state index in [0.29, 0.717) is 34.6 Å². The number of aromatic nitrogens is 2. The smallest absolute Gasteiger partial charge is 0.179 e. The number of nitrogen functional groups attached to an aromatic ring is 1. The van der Waals surface area contributed by atoms with E-state index in [1.165, 1.54) is 0 Å². The lowest BCUT2D eigenvalue weighted by atomic mass is 10.1. The van der Waals surface area contributed by atoms with Crippen molar-refractivity contribution in [2.75, 3.05) is 12.3 Å². The number of hydrogen-bond acceptors (Lipinski definition) is 6. The van der Waals surface area contributed by atoms with Gasteiger partial charge in [-0.05, 0) is 40.5 Å². The molecule has 102 valence electrons. The van der Waals surface area contributed by atoms with Gasteiger partial charge in [-0.1, -0.05) is 18.2 Å². The molecule has 0 saturated heterocycles. The summed E-state index contributed by atoms with van der Waals surface area (Å²) in [5, 5.41) is 16.6. The lowest BCUT2D eigenvalue weighted by Crippen LogP contribution is -1.96. The number of aliphatic hydroxyl groups excluding tert-OH is 1. The molecule has 0 unspecified atom stereocenters. The minimum Gasteiger partial charge on any atom is -0.455 e. The van der Waals surface area contributed by atoms with E-state index in [1.54, 1.807) is 12.1 Å². The number of benzene rings is 2. The van der Waals surface area contributed by atoms with Gasteiger partial charge in [-0.25, -0.2) is 4.63 Å². The van der Waals surface area contributed by atoms with Crippen LogP contribution in [-0.4, -0.2) is 22.0 Å². The maximum absolute atomic E-state index is 9.08. The topological polar surface area (TPSA) is 94.4 Å². The van der Waals surface area contributed by atoms with E-state index in [2.05, 4.69) is 10.3 Å². The van der Waals surface area contributed by atoms with Crippen molar-refractivity contribution in [3.63, 3.8) is 0 Å². The van der Waals surface area contributed by atoms with Gasteiger partial charge < -0.3 is 15.6 Å². The van der Waals surface area contributed by atoms with Crippen molar-refractivity contribution >= 4 is 16.7 Å². The minimum absolute atomic E-state index is 0.0586. The first-order valence-corrected chi connectivity index (χ1v) is 6.17. The van der Waals surface area contributed by atoms with Crippen molar-refractivity contribution in [3.8, 4) is 11.5 Å². The van der Waals surface area contributed by atoms with Crippen LogP contribution in [0.2, 0.25) is 0 Å². The van der Waals surface area contributed by atoms with Crippen molar-refractivity contribution in [2.45, 2.75) is 6.42 Å². The lowest BCUT2D eigenvalue weighted by molar-refractivity contribution is 0.297. The van der Waals surface area contributed by atoms with Crippen molar-refractivity contribution in [2.24, 2.45) is 0 Å². The highest BCUT2D eigenvalue weighted by Gasteiger charge is 2.13. The van der Waals surface area contributed by atoms with Crippen LogP contribution in [0, 0.1) is 0 Å². The number of para-hydroxylation sites is 1. The number of hydrogen-bond donors (Lipinski definition) is 2. The SMILES string of the molecule is Nc1ccc(Oc2ccccc2CCO)c2nonc12. The molecular weight excluding hydrogens is 258 g/mol. The zero-order valence-electron chi connectivity index (χ0n) is 10.6. The number of nitrogens with zero attached hydrogens (tertiary/aromatic N) is 2. The lowest BCUT2D eigenvalue weighted by Gasteiger charge is -2.10. The first-order chi connectivity index (χ1) is 9.79. The highest BCUT2D eigenvalue weighted by molar-refractivity contribution is 5.90. The molecule has 1 heterocycles. The molecule has 20 heavy (non-hydrogen) atoms. The standard InChI is InChI=1S/C14H13N3O3/c15-10-5-6-12(14-13(10)16-20-17-14)19-11-4-2-1-3-9(11)7-8-18/h1-6,18H,7-8,15H2. The average Bonchev–Trinajstić information content (AvgIpc) is 2.95. The number of fused-ring (bicyclic) bond motifs is 1. The summed E-state index contributed by atoms with van der Waals surface area (Å²) in [5.41, 5.74) is 8.14. The van der Waals surface area contributed by atoms with Crippen LogP contribution in [0.4, 0.5) is 5.69 Å². The largest absolute Gasteiger partial charge is 0.455 e. The summed E-state index contributed by atoms with van der Waals surface area (Å²) in [6.07, 6.45) is 0.519. The highest BCUT2D eigenvalue weighted by Crippen LogP contribution is 2.32. The maximum Gasteiger partial charge on any atom is 0.179 e. The Hall–Kier alpha value is -2.60. The van der Waals surface area contributed by atoms with Gasteiger partial charge in [0.15, 0.2) is 16.8 Å². The van der Waals surface area contributed by atoms with Crippen LogP contribution in [0.5, 0.6) is 11.5 Å². The van der Waals surface area contributed by atoms with E-state index in [1.807, 2.05) is 24.3 Å². The van der Waals surface area contributed by atoms with Crippen LogP contribution in [-0.2, 0) is 6.42 Å². The number of aliphatic hydroxyl groups is 1. The zero-order valence-corrected chi connectivity index (χ0v) is 10.6. The van der Waals surface area contributed by atoms with Crippen LogP contribution in [0.15, 0.2) is 41.0 Å². The maximum atomic E-state index is 9.08. The molecule has 3 rings (SSSR count). The molecule has 3 aromatic rings. The first-order valence-electron chi connectivity index (χ1n) is 6.17. The molecule has 0 aliphatic heterocycles. The van der Waals surface area contributed by atoms with Gasteiger partial charge in [-0.15, -0.1) is 0 Å². The van der Waals surface area contributed by atoms with E-state index >= 15 is 0 Å². The number of anilines is 1. The Bertz CT molecular complexity index is 739. The Kier molecular flexibility index (Phi) is 3.22. The summed E-state index contributed by atoms with van der Waals surface area (Å²) in [7, 11) is 0. The fraction of sp³-hybridized carbons (Fsp3) is 0.143. The molecular formula is C14H13N3O3. The third-order valence-corrected chi connectivity index (χ3v) is 2.98. The van der Waals surface area contributed by atoms with Gasteiger partial charge in [0.2, 0.25) is 0 Å². The molecule has 0 aliphatic carbocycles. The quantitative estimate of drug-likeness (QED) is 0.706. The fourth-order valence-corrected chi connectivity index (χ4v) is 1.99. The molecule has 6 nitrogen and oxygen atoms in total. The molecule has 1 aromatic heterocycles. The van der Waals surface area contributed by atoms with Gasteiger partial charge >= 0.3 is 0 Å². The summed E-state index contributed by atoms with van der Waals surface area (Å²) in [5.74, 6) is 1.18. The van der Waals surface area contributed by atoms with Crippen LogP contribution >= 0.6 is 0 Å². The third-order valence-electron chi connectivity index (χ3n) is 2.98. The molecule has 0 aliphatic rings. The third kappa shape index (κ3) is 2.17. The number of nitrogens with two attached hydrogens (primary N) is 1. The number of rotatable bonds is 4. The Balaban J connectivity index is 2.01. The predicted octanol–water partition coefficient (Wildman–Crippen LogP) is 2.13. The summed E-state index contributed by atoms with van der Waals surface area (Å²) in [6, 6.07) is 10.9. The molecule has 0 amide bonds. The molecule has 0 spiro atoms. The monoisotopic (exact) mass is 271 g/mol. The second kappa shape index (κ2) is 5.18. The van der Waals surface area contributed by atoms with E-state index in [-0.39, 0.29) is 6.61 Å². The van der Waals surface area contributed by atoms with E-state index in [9.17, 15) is 0 Å². The normalized spacial score (nSPS) is 10.8. The van der Waals surface area contributed by atoms with Crippen LogP contribution in [0.25, 0.3) is 11.0 Å². The minimum atomic E-state index is 0.0586. The summed E-state index contributed by atoms with van der Waals surface area (Å²) in [4.78, 5) is 0. The highest BCUT2D eigenvalue weighted by atomic mass is 16.6. The number of ether oxygens (including phenoxy) is 1. The van der Waals surface area contributed by atoms with Crippen LogP contribution in [0.3, 0.4) is 0 Å². The summed E-state index contributed by atoms with van der Waals surface area (Å²) >= 11 is 0. The fourth-order valence-electron chi connectivity index (χ4n) is 1.99. The van der Waals surface area contributed by atoms with Crippen molar-refractivity contribution < 1.29 is 14.5 Å². The Morgan fingerprint density at radius 2 is 1.85 bits per heavy atom. The second-order valence-electron chi connectivity index (χ2n) is 4.30. The van der Waals surface area contributed by atoms with E-state index < -0.39 is 0 Å². The van der Waals surface area contributed by atoms with Crippen molar-refractivity contribution in [1.82, 2.24) is 10.3 Å². The van der Waals surface area contributed by atoms with Crippen molar-refractivity contribution in [3.05, 3.63) is 42.0 Å². The Labute approximate surface area is 114 Å². The van der Waals surface area contributed by atoms with Gasteiger partial charge in [0.1, 0.15) is 5.75 Å². The first kappa shape index (κ1) is 12.4. The van der Waals surface area contributed by atoms with E-state index in [4.69, 9.17) is 20.2 Å². The zero-order chi connectivity index (χ0) is 13.9. The van der Waals surface area contributed by atoms with Gasteiger partial charge in [0, 0.05) is 6.61 Å². The van der Waals surface area contributed by atoms with Gasteiger partial charge in [0.05, 0.1) is 5.69 Å². The van der Waals surface area contributed by atoms with E-state index in [0.717, 1.165) is 5.56 Å². The van der Waals surface area contributed by atoms with Gasteiger partial charge in [0.25, 0.3) is 0 Å². The molecule has 2 aromatic carbocycles. The predicted molar refractivity (Wildman–Crippen MR) is 73.5 cm³/mol. The molecule has 0 saturated carbocycles. The molecule has 3 N–H and O–H groups in total.